The van der Waals surface area contributed by atoms with Crippen LogP contribution in [0.15, 0.2) is 64.8 Å². The van der Waals surface area contributed by atoms with Crippen molar-refractivity contribution in [2.75, 3.05) is 0 Å². The molecule has 0 aromatic heterocycles. The standard InChI is InChI=1S/C14H14N2O/c1-11(17)12-7-9-14(10-8-12)16-15-13-5-3-2-4-6-13/h2-11,17H,1H3. The molecule has 0 radical (unpaired) electrons. The minimum atomic E-state index is -0.449. The van der Waals surface area contributed by atoms with Crippen molar-refractivity contribution in [3.8, 4) is 0 Å². The lowest BCUT2D eigenvalue weighted by molar-refractivity contribution is 0.199. The van der Waals surface area contributed by atoms with Crippen molar-refractivity contribution in [2.45, 2.75) is 13.0 Å². The Hall–Kier alpha value is -2.00. The molecule has 2 aromatic carbocycles. The number of benzene rings is 2. The van der Waals surface area contributed by atoms with Crippen LogP contribution in [-0.4, -0.2) is 5.11 Å². The molecule has 0 heterocycles. The van der Waals surface area contributed by atoms with Crippen LogP contribution in [0, 0.1) is 0 Å². The van der Waals surface area contributed by atoms with Crippen LogP contribution in [0.2, 0.25) is 0 Å². The highest BCUT2D eigenvalue weighted by Gasteiger charge is 1.99. The minimum Gasteiger partial charge on any atom is -0.389 e. The Morgan fingerprint density at radius 1 is 0.824 bits per heavy atom. The van der Waals surface area contributed by atoms with E-state index in [1.54, 1.807) is 6.92 Å². The number of azo groups is 1. The highest BCUT2D eigenvalue weighted by atomic mass is 16.3. The Kier molecular flexibility index (Phi) is 3.62. The molecule has 17 heavy (non-hydrogen) atoms. The number of rotatable bonds is 3. The third kappa shape index (κ3) is 3.23. The first-order valence-electron chi connectivity index (χ1n) is 5.50. The summed E-state index contributed by atoms with van der Waals surface area (Å²) in [7, 11) is 0. The van der Waals surface area contributed by atoms with E-state index in [1.807, 2.05) is 54.6 Å². The van der Waals surface area contributed by atoms with E-state index in [-0.39, 0.29) is 0 Å². The average Bonchev–Trinajstić information content (AvgIpc) is 2.38. The van der Waals surface area contributed by atoms with Crippen molar-refractivity contribution in [1.29, 1.82) is 0 Å². The summed E-state index contributed by atoms with van der Waals surface area (Å²) in [6, 6.07) is 17.0. The van der Waals surface area contributed by atoms with E-state index in [1.165, 1.54) is 0 Å². The van der Waals surface area contributed by atoms with Crippen molar-refractivity contribution in [1.82, 2.24) is 0 Å². The van der Waals surface area contributed by atoms with Crippen LogP contribution >= 0.6 is 0 Å². The van der Waals surface area contributed by atoms with Crippen LogP contribution in [0.4, 0.5) is 11.4 Å². The quantitative estimate of drug-likeness (QED) is 0.785. The molecule has 2 rings (SSSR count). The predicted molar refractivity (Wildman–Crippen MR) is 67.7 cm³/mol. The maximum absolute atomic E-state index is 9.37. The molecule has 3 nitrogen and oxygen atoms in total. The molecule has 2 aromatic rings. The van der Waals surface area contributed by atoms with E-state index in [0.29, 0.717) is 0 Å². The zero-order valence-corrected chi connectivity index (χ0v) is 9.62. The zero-order chi connectivity index (χ0) is 12.1. The molecule has 0 bridgehead atoms. The summed E-state index contributed by atoms with van der Waals surface area (Å²) >= 11 is 0. The number of aliphatic hydroxyl groups is 1. The molecule has 0 spiro atoms. The second-order valence-corrected chi connectivity index (χ2v) is 3.80. The largest absolute Gasteiger partial charge is 0.389 e. The summed E-state index contributed by atoms with van der Waals surface area (Å²) < 4.78 is 0. The van der Waals surface area contributed by atoms with Gasteiger partial charge in [0.25, 0.3) is 0 Å². The third-order valence-corrected chi connectivity index (χ3v) is 2.41. The van der Waals surface area contributed by atoms with Crippen LogP contribution < -0.4 is 0 Å². The van der Waals surface area contributed by atoms with Gasteiger partial charge in [0, 0.05) is 0 Å². The topological polar surface area (TPSA) is 45.0 Å². The van der Waals surface area contributed by atoms with Gasteiger partial charge in [-0.1, -0.05) is 30.3 Å². The van der Waals surface area contributed by atoms with Gasteiger partial charge in [-0.05, 0) is 36.8 Å². The molecular weight excluding hydrogens is 212 g/mol. The first-order valence-corrected chi connectivity index (χ1v) is 5.50. The molecule has 0 aliphatic heterocycles. The highest BCUT2D eigenvalue weighted by molar-refractivity contribution is 5.41. The van der Waals surface area contributed by atoms with Crippen molar-refractivity contribution in [3.63, 3.8) is 0 Å². The summed E-state index contributed by atoms with van der Waals surface area (Å²) in [6.07, 6.45) is -0.449. The normalized spacial score (nSPS) is 12.8. The fraction of sp³-hybridized carbons (Fsp3) is 0.143. The van der Waals surface area contributed by atoms with Gasteiger partial charge in [0.2, 0.25) is 0 Å². The molecule has 1 N–H and O–H groups in total. The van der Waals surface area contributed by atoms with Gasteiger partial charge in [-0.2, -0.15) is 10.2 Å². The molecule has 0 aliphatic carbocycles. The lowest BCUT2D eigenvalue weighted by Crippen LogP contribution is -1.88. The van der Waals surface area contributed by atoms with E-state index in [4.69, 9.17) is 0 Å². The molecule has 0 saturated heterocycles. The van der Waals surface area contributed by atoms with Gasteiger partial charge in [-0.15, -0.1) is 0 Å². The molecule has 0 saturated carbocycles. The van der Waals surface area contributed by atoms with Crippen molar-refractivity contribution in [3.05, 3.63) is 60.2 Å². The van der Waals surface area contributed by atoms with E-state index in [9.17, 15) is 5.11 Å². The van der Waals surface area contributed by atoms with E-state index in [2.05, 4.69) is 10.2 Å². The van der Waals surface area contributed by atoms with E-state index >= 15 is 0 Å². The predicted octanol–water partition coefficient (Wildman–Crippen LogP) is 4.16. The van der Waals surface area contributed by atoms with Gasteiger partial charge in [0.05, 0.1) is 17.5 Å². The second kappa shape index (κ2) is 5.37. The monoisotopic (exact) mass is 226 g/mol. The van der Waals surface area contributed by atoms with Gasteiger partial charge in [0.15, 0.2) is 0 Å². The second-order valence-electron chi connectivity index (χ2n) is 3.80. The van der Waals surface area contributed by atoms with Crippen LogP contribution in [0.1, 0.15) is 18.6 Å². The van der Waals surface area contributed by atoms with Gasteiger partial charge in [-0.3, -0.25) is 0 Å². The third-order valence-electron chi connectivity index (χ3n) is 2.41. The number of aliphatic hydroxyl groups excluding tert-OH is 1. The Labute approximate surface area is 100 Å². The molecule has 0 amide bonds. The maximum atomic E-state index is 9.37. The smallest absolute Gasteiger partial charge is 0.0857 e. The highest BCUT2D eigenvalue weighted by Crippen LogP contribution is 2.20. The summed E-state index contributed by atoms with van der Waals surface area (Å²) in [4.78, 5) is 0. The van der Waals surface area contributed by atoms with E-state index < -0.39 is 6.10 Å². The number of nitrogens with zero attached hydrogens (tertiary/aromatic N) is 2. The van der Waals surface area contributed by atoms with E-state index in [0.717, 1.165) is 16.9 Å². The molecule has 0 aliphatic rings. The van der Waals surface area contributed by atoms with Crippen molar-refractivity contribution < 1.29 is 5.11 Å². The molecule has 3 heteroatoms. The number of hydrogen-bond donors (Lipinski definition) is 1. The SMILES string of the molecule is CC(O)c1ccc(N=Nc2ccccc2)cc1. The maximum Gasteiger partial charge on any atom is 0.0857 e. The Balaban J connectivity index is 2.12. The zero-order valence-electron chi connectivity index (χ0n) is 9.62. The van der Waals surface area contributed by atoms with Crippen LogP contribution in [0.3, 0.4) is 0 Å². The Bertz CT molecular complexity index is 489. The summed E-state index contributed by atoms with van der Waals surface area (Å²) in [5.41, 5.74) is 2.48. The summed E-state index contributed by atoms with van der Waals surface area (Å²) in [6.45, 7) is 1.74. The minimum absolute atomic E-state index is 0.449. The van der Waals surface area contributed by atoms with Crippen LogP contribution in [0.25, 0.3) is 0 Å². The summed E-state index contributed by atoms with van der Waals surface area (Å²) in [5, 5.41) is 17.6. The number of hydrogen-bond acceptors (Lipinski definition) is 3. The molecule has 1 atom stereocenters. The van der Waals surface area contributed by atoms with Crippen LogP contribution in [0.5, 0.6) is 0 Å². The van der Waals surface area contributed by atoms with Gasteiger partial charge >= 0.3 is 0 Å². The van der Waals surface area contributed by atoms with Gasteiger partial charge in [-0.25, -0.2) is 0 Å². The Morgan fingerprint density at radius 2 is 1.35 bits per heavy atom. The van der Waals surface area contributed by atoms with Crippen molar-refractivity contribution >= 4 is 11.4 Å². The van der Waals surface area contributed by atoms with Gasteiger partial charge in [0.1, 0.15) is 0 Å². The first-order chi connectivity index (χ1) is 8.25. The first kappa shape index (κ1) is 11.5. The fourth-order valence-electron chi connectivity index (χ4n) is 1.43. The summed E-state index contributed by atoms with van der Waals surface area (Å²) in [5.74, 6) is 0. The average molecular weight is 226 g/mol. The molecular formula is C14H14N2O. The lowest BCUT2D eigenvalue weighted by Gasteiger charge is -2.03. The molecule has 1 unspecified atom stereocenters. The van der Waals surface area contributed by atoms with Gasteiger partial charge < -0.3 is 5.11 Å². The molecule has 86 valence electrons. The molecule has 0 fully saturated rings. The fourth-order valence-corrected chi connectivity index (χ4v) is 1.43. The lowest BCUT2D eigenvalue weighted by atomic mass is 10.1. The van der Waals surface area contributed by atoms with Crippen LogP contribution in [-0.2, 0) is 0 Å². The van der Waals surface area contributed by atoms with Crippen molar-refractivity contribution in [2.24, 2.45) is 10.2 Å². The Morgan fingerprint density at radius 3 is 1.88 bits per heavy atom.